The Bertz CT molecular complexity index is 1550. The van der Waals surface area contributed by atoms with E-state index in [2.05, 4.69) is 82.9 Å². The van der Waals surface area contributed by atoms with Crippen molar-refractivity contribution in [2.24, 2.45) is 11.3 Å². The number of carbonyl (C=O) groups is 3. The van der Waals surface area contributed by atoms with Crippen molar-refractivity contribution in [1.82, 2.24) is 20.0 Å². The first-order valence-electron chi connectivity index (χ1n) is 20.8. The number of Topliss-reactive ketones (excluding diaryl/α,β-unsaturated/α-hetero) is 1. The first-order valence-corrected chi connectivity index (χ1v) is 21.3. The molecule has 8 nitrogen and oxygen atoms in total. The molecular weight excluding hydrogens is 727 g/mol. The van der Waals surface area contributed by atoms with E-state index in [-0.39, 0.29) is 29.2 Å². The molecule has 0 aliphatic carbocycles. The van der Waals surface area contributed by atoms with Crippen LogP contribution in [-0.2, 0) is 14.4 Å². The second-order valence-corrected chi connectivity index (χ2v) is 15.9. The number of carbonyl (C=O) groups excluding carboxylic acids is 3. The van der Waals surface area contributed by atoms with Crippen LogP contribution in [0.4, 0.5) is 5.69 Å². The molecule has 2 atom stereocenters. The largest absolute Gasteiger partial charge is 0.355 e. The van der Waals surface area contributed by atoms with E-state index in [1.165, 1.54) is 4.90 Å². The Morgan fingerprint density at radius 2 is 1.56 bits per heavy atom. The third-order valence-corrected chi connectivity index (χ3v) is 9.73. The monoisotopic (exact) mass is 808 g/mol. The summed E-state index contributed by atoms with van der Waals surface area (Å²) < 4.78 is 0. The van der Waals surface area contributed by atoms with Crippen molar-refractivity contribution < 1.29 is 14.4 Å². The fraction of sp³-hybridized carbons (Fsp3) is 0.562. The molecule has 0 fully saturated rings. The molecule has 2 unspecified atom stereocenters. The van der Waals surface area contributed by atoms with E-state index in [9.17, 15) is 14.4 Å². The van der Waals surface area contributed by atoms with Crippen LogP contribution in [-0.4, -0.2) is 86.2 Å². The number of rotatable bonds is 20. The molecule has 322 valence electrons. The molecule has 1 aromatic rings. The minimum atomic E-state index is -0.222. The fourth-order valence-electron chi connectivity index (χ4n) is 5.96. The first-order chi connectivity index (χ1) is 26.7. The standard InChI is InChI=1S/C34H50N4O2S.C12H25NO.C2H6/c1-12-26(3)35-28(5)33(40)37(11)24-25(2)30-17-14-18-31(27(30)4)38(22-15-21-36(9)10)32(39)19-13-16-29(20-23-41)34(6,7)8;1-6-9-13(5)11(8-3)12(14)10(4)7-2;1-2/h12-14,16-20,23-24,35,41H,5,15,21-22H2,1-4,6-11H3;10-11H,6-9H2,1-5H3;1-2H3/b19-13+,23-20-,25-24+,26-12+,29-16+;;. The van der Waals surface area contributed by atoms with Gasteiger partial charge in [0, 0.05) is 43.2 Å². The number of thiol groups is 1. The Labute approximate surface area is 355 Å². The van der Waals surface area contributed by atoms with E-state index in [0.717, 1.165) is 72.4 Å². The molecule has 9 heteroatoms. The molecule has 1 aromatic carbocycles. The van der Waals surface area contributed by atoms with E-state index >= 15 is 0 Å². The maximum absolute atomic E-state index is 13.6. The van der Waals surface area contributed by atoms with Crippen LogP contribution in [0, 0.1) is 18.3 Å². The molecule has 0 saturated heterocycles. The highest BCUT2D eigenvalue weighted by atomic mass is 32.1. The van der Waals surface area contributed by atoms with E-state index in [1.54, 1.807) is 24.7 Å². The Balaban J connectivity index is 0. The van der Waals surface area contributed by atoms with Crippen molar-refractivity contribution in [2.75, 3.05) is 52.7 Å². The predicted molar refractivity (Wildman–Crippen MR) is 252 cm³/mol. The van der Waals surface area contributed by atoms with Crippen LogP contribution in [0.3, 0.4) is 0 Å². The lowest BCUT2D eigenvalue weighted by molar-refractivity contribution is -0.127. The predicted octanol–water partition coefficient (Wildman–Crippen LogP) is 10.8. The van der Waals surface area contributed by atoms with E-state index in [4.69, 9.17) is 0 Å². The Hall–Kier alpha value is -3.66. The average molecular weight is 808 g/mol. The van der Waals surface area contributed by atoms with Crippen LogP contribution < -0.4 is 10.2 Å². The molecule has 1 N–H and O–H groups in total. The summed E-state index contributed by atoms with van der Waals surface area (Å²) in [6.45, 7) is 32.8. The van der Waals surface area contributed by atoms with Gasteiger partial charge in [0.2, 0.25) is 0 Å². The van der Waals surface area contributed by atoms with Gasteiger partial charge in [-0.05, 0) is 127 Å². The number of hydrogen-bond acceptors (Lipinski definition) is 7. The van der Waals surface area contributed by atoms with Gasteiger partial charge in [0.1, 0.15) is 0 Å². The number of amides is 2. The molecule has 57 heavy (non-hydrogen) atoms. The van der Waals surface area contributed by atoms with Gasteiger partial charge in [-0.2, -0.15) is 12.6 Å². The molecule has 0 aliphatic rings. The molecule has 0 aromatic heterocycles. The maximum Gasteiger partial charge on any atom is 0.273 e. The Morgan fingerprint density at radius 3 is 2.05 bits per heavy atom. The summed E-state index contributed by atoms with van der Waals surface area (Å²) in [5.41, 5.74) is 5.86. The van der Waals surface area contributed by atoms with Gasteiger partial charge in [-0.15, -0.1) is 0 Å². The number of benzene rings is 1. The van der Waals surface area contributed by atoms with Gasteiger partial charge < -0.3 is 20.0 Å². The van der Waals surface area contributed by atoms with Crippen LogP contribution in [0.25, 0.3) is 5.57 Å². The zero-order chi connectivity index (χ0) is 44.5. The van der Waals surface area contributed by atoms with Crippen LogP contribution in [0.5, 0.6) is 0 Å². The minimum absolute atomic E-state index is 0.0741. The molecule has 0 aliphatic heterocycles. The van der Waals surface area contributed by atoms with Gasteiger partial charge in [-0.1, -0.05) is 105 Å². The van der Waals surface area contributed by atoms with Crippen LogP contribution in [0.15, 0.2) is 83.7 Å². The van der Waals surface area contributed by atoms with Gasteiger partial charge >= 0.3 is 0 Å². The number of likely N-dealkylation sites (N-methyl/N-ethyl adjacent to an activating group) is 2. The number of anilines is 1. The number of allylic oxidation sites excluding steroid dienone is 7. The summed E-state index contributed by atoms with van der Waals surface area (Å²) >= 11 is 4.23. The highest BCUT2D eigenvalue weighted by molar-refractivity contribution is 7.83. The van der Waals surface area contributed by atoms with Crippen molar-refractivity contribution in [3.05, 3.63) is 94.9 Å². The fourth-order valence-corrected chi connectivity index (χ4v) is 6.12. The number of nitrogens with one attached hydrogen (secondary N) is 1. The lowest BCUT2D eigenvalue weighted by Crippen LogP contribution is -2.40. The van der Waals surface area contributed by atoms with Crippen LogP contribution in [0.2, 0.25) is 0 Å². The Morgan fingerprint density at radius 1 is 0.947 bits per heavy atom. The summed E-state index contributed by atoms with van der Waals surface area (Å²) in [5, 5.41) is 4.73. The first kappa shape index (κ1) is 55.4. The summed E-state index contributed by atoms with van der Waals surface area (Å²) in [7, 11) is 7.83. The van der Waals surface area contributed by atoms with Gasteiger partial charge in [0.25, 0.3) is 11.8 Å². The van der Waals surface area contributed by atoms with Crippen molar-refractivity contribution in [2.45, 2.75) is 122 Å². The van der Waals surface area contributed by atoms with Gasteiger partial charge in [0.05, 0.1) is 11.7 Å². The number of nitrogens with zero attached hydrogens (tertiary/aromatic N) is 4. The molecule has 0 spiro atoms. The second-order valence-electron chi connectivity index (χ2n) is 15.6. The molecule has 2 amide bonds. The molecule has 0 heterocycles. The third kappa shape index (κ3) is 20.5. The normalized spacial score (nSPS) is 13.5. The van der Waals surface area contributed by atoms with Crippen LogP contribution in [0.1, 0.15) is 120 Å². The summed E-state index contributed by atoms with van der Waals surface area (Å²) in [4.78, 5) is 46.1. The van der Waals surface area contributed by atoms with Crippen LogP contribution >= 0.6 is 12.6 Å². The topological polar surface area (TPSA) is 76.2 Å². The lowest BCUT2D eigenvalue weighted by Gasteiger charge is -2.27. The minimum Gasteiger partial charge on any atom is -0.355 e. The Kier molecular flexibility index (Phi) is 28.7. The highest BCUT2D eigenvalue weighted by Gasteiger charge is 2.24. The van der Waals surface area contributed by atoms with Gasteiger partial charge in [-0.25, -0.2) is 0 Å². The lowest BCUT2D eigenvalue weighted by atomic mass is 9.86. The van der Waals surface area contributed by atoms with Crippen molar-refractivity contribution in [3.8, 4) is 0 Å². The molecular formula is C48H81N5O3S. The smallest absolute Gasteiger partial charge is 0.273 e. The van der Waals surface area contributed by atoms with E-state index in [1.807, 2.05) is 110 Å². The van der Waals surface area contributed by atoms with Crippen molar-refractivity contribution in [3.63, 3.8) is 0 Å². The SMILES string of the molecule is C=C(N/C(C)=C/C)C(=O)N(C)/C=C(\C)c1cccc(N(CCCN(C)C)C(=O)/C=C/C=C(\C=C/S)C(C)(C)C)c1C.CC.CCCN(C)C(CC)C(=O)C(C)CC. The van der Waals surface area contributed by atoms with Gasteiger partial charge in [0.15, 0.2) is 5.78 Å². The van der Waals surface area contributed by atoms with E-state index < -0.39 is 0 Å². The average Bonchev–Trinajstić information content (AvgIpc) is 3.16. The molecule has 1 rings (SSSR count). The second kappa shape index (κ2) is 29.5. The zero-order valence-corrected chi connectivity index (χ0v) is 39.9. The molecule has 0 radical (unpaired) electrons. The third-order valence-electron chi connectivity index (χ3n) is 9.58. The number of hydrogen-bond donors (Lipinski definition) is 2. The van der Waals surface area contributed by atoms with E-state index in [0.29, 0.717) is 18.0 Å². The molecule has 0 saturated carbocycles. The number of ketones is 1. The van der Waals surface area contributed by atoms with Crippen molar-refractivity contribution in [1.29, 1.82) is 0 Å². The van der Waals surface area contributed by atoms with Crippen molar-refractivity contribution >= 4 is 41.5 Å². The summed E-state index contributed by atoms with van der Waals surface area (Å²) in [6, 6.07) is 6.08. The maximum atomic E-state index is 13.6. The van der Waals surface area contributed by atoms with Gasteiger partial charge in [-0.3, -0.25) is 19.3 Å². The highest BCUT2D eigenvalue weighted by Crippen LogP contribution is 2.29. The summed E-state index contributed by atoms with van der Waals surface area (Å²) in [5.74, 6) is 0.310. The zero-order valence-electron chi connectivity index (χ0n) is 39.0. The molecule has 0 bridgehead atoms. The summed E-state index contributed by atoms with van der Waals surface area (Å²) in [6.07, 6.45) is 14.9. The quantitative estimate of drug-likeness (QED) is 0.0776.